The normalized spacial score (nSPS) is 23.0. The molecule has 1 atom stereocenters. The number of esters is 1. The number of epoxide rings is 1. The molecule has 0 aromatic carbocycles. The summed E-state index contributed by atoms with van der Waals surface area (Å²) >= 11 is 0. The summed E-state index contributed by atoms with van der Waals surface area (Å²) < 4.78 is 9.54. The van der Waals surface area contributed by atoms with Gasteiger partial charge < -0.3 is 14.6 Å². The Morgan fingerprint density at radius 2 is 2.55 bits per heavy atom. The van der Waals surface area contributed by atoms with E-state index < -0.39 is 5.97 Å². The van der Waals surface area contributed by atoms with Gasteiger partial charge in [-0.25, -0.2) is 4.79 Å². The van der Waals surface area contributed by atoms with Gasteiger partial charge in [-0.15, -0.1) is 0 Å². The van der Waals surface area contributed by atoms with E-state index in [0.29, 0.717) is 6.61 Å². The lowest BCUT2D eigenvalue weighted by molar-refractivity contribution is -0.139. The van der Waals surface area contributed by atoms with Crippen molar-refractivity contribution in [1.82, 2.24) is 0 Å². The van der Waals surface area contributed by atoms with Crippen LogP contribution in [0.25, 0.3) is 0 Å². The fourth-order valence-electron chi connectivity index (χ4n) is 0.499. The molecule has 0 aromatic heterocycles. The summed E-state index contributed by atoms with van der Waals surface area (Å²) in [5.74, 6) is -0.497. The molecular formula is C7H10O4. The van der Waals surface area contributed by atoms with Gasteiger partial charge in [0.05, 0.1) is 18.4 Å². The third-order valence-electron chi connectivity index (χ3n) is 1.32. The minimum atomic E-state index is -0.497. The number of aliphatic hydroxyl groups excluding tert-OH is 1. The van der Waals surface area contributed by atoms with Crippen molar-refractivity contribution in [2.24, 2.45) is 0 Å². The third kappa shape index (κ3) is 2.59. The quantitative estimate of drug-likeness (QED) is 0.279. The first-order valence-corrected chi connectivity index (χ1v) is 3.33. The minimum Gasteiger partial charge on any atom is -0.515 e. The number of rotatable bonds is 3. The van der Waals surface area contributed by atoms with Gasteiger partial charge in [-0.05, 0) is 6.92 Å². The molecule has 1 heterocycles. The highest BCUT2D eigenvalue weighted by atomic mass is 16.6. The van der Waals surface area contributed by atoms with E-state index in [4.69, 9.17) is 14.6 Å². The molecule has 0 aliphatic carbocycles. The molecule has 0 spiro atoms. The summed E-state index contributed by atoms with van der Waals surface area (Å²) in [5, 5.41) is 8.39. The molecule has 1 saturated heterocycles. The Morgan fingerprint density at radius 1 is 1.91 bits per heavy atom. The molecule has 4 heteroatoms. The first kappa shape index (κ1) is 8.07. The lowest BCUT2D eigenvalue weighted by atomic mass is 10.3. The van der Waals surface area contributed by atoms with Crippen LogP contribution in [-0.2, 0) is 14.3 Å². The summed E-state index contributed by atoms with van der Waals surface area (Å²) in [6.45, 7) is 2.43. The Kier molecular flexibility index (Phi) is 2.48. The summed E-state index contributed by atoms with van der Waals surface area (Å²) in [5.41, 5.74) is 0.200. The molecule has 1 N–H and O–H groups in total. The Labute approximate surface area is 64.4 Å². The van der Waals surface area contributed by atoms with Crippen LogP contribution >= 0.6 is 0 Å². The third-order valence-corrected chi connectivity index (χ3v) is 1.32. The average Bonchev–Trinajstić information content (AvgIpc) is 2.81. The molecular weight excluding hydrogens is 148 g/mol. The smallest absolute Gasteiger partial charge is 0.336 e. The highest BCUT2D eigenvalue weighted by Crippen LogP contribution is 2.09. The molecule has 62 valence electrons. The molecule has 0 amide bonds. The first-order valence-electron chi connectivity index (χ1n) is 3.33. The Bertz CT molecular complexity index is 181. The van der Waals surface area contributed by atoms with Crippen LogP contribution < -0.4 is 0 Å². The number of hydrogen-bond acceptors (Lipinski definition) is 4. The SMILES string of the molecule is CC(=CO)C(=O)OCC1CO1. The van der Waals surface area contributed by atoms with Crippen LogP contribution in [0.4, 0.5) is 0 Å². The van der Waals surface area contributed by atoms with Crippen LogP contribution in [0, 0.1) is 0 Å². The number of carbonyl (C=O) groups excluding carboxylic acids is 1. The second-order valence-corrected chi connectivity index (χ2v) is 2.37. The van der Waals surface area contributed by atoms with Gasteiger partial charge in [0, 0.05) is 0 Å². The van der Waals surface area contributed by atoms with Crippen LogP contribution in [0.3, 0.4) is 0 Å². The zero-order chi connectivity index (χ0) is 8.27. The Morgan fingerprint density at radius 3 is 3.00 bits per heavy atom. The lowest BCUT2D eigenvalue weighted by Gasteiger charge is -2.00. The maximum atomic E-state index is 10.8. The summed E-state index contributed by atoms with van der Waals surface area (Å²) in [7, 11) is 0. The number of ether oxygens (including phenoxy) is 2. The van der Waals surface area contributed by atoms with Crippen LogP contribution in [-0.4, -0.2) is 30.4 Å². The van der Waals surface area contributed by atoms with Crippen molar-refractivity contribution >= 4 is 5.97 Å². The fraction of sp³-hybridized carbons (Fsp3) is 0.571. The van der Waals surface area contributed by atoms with E-state index in [0.717, 1.165) is 6.26 Å². The van der Waals surface area contributed by atoms with Gasteiger partial charge in [-0.1, -0.05) is 0 Å². The van der Waals surface area contributed by atoms with E-state index in [2.05, 4.69) is 0 Å². The standard InChI is InChI=1S/C7H10O4/c1-5(2-8)7(9)11-4-6-3-10-6/h2,6,8H,3-4H2,1H3. The van der Waals surface area contributed by atoms with E-state index in [-0.39, 0.29) is 18.3 Å². The van der Waals surface area contributed by atoms with E-state index in [1.54, 1.807) is 0 Å². The highest BCUT2D eigenvalue weighted by molar-refractivity contribution is 5.87. The molecule has 0 saturated carbocycles. The topological polar surface area (TPSA) is 59.1 Å². The molecule has 1 aliphatic rings. The van der Waals surface area contributed by atoms with E-state index >= 15 is 0 Å². The van der Waals surface area contributed by atoms with Crippen molar-refractivity contribution in [2.45, 2.75) is 13.0 Å². The van der Waals surface area contributed by atoms with Crippen molar-refractivity contribution < 1.29 is 19.4 Å². The van der Waals surface area contributed by atoms with Gasteiger partial charge in [0.15, 0.2) is 0 Å². The Balaban J connectivity index is 2.19. The van der Waals surface area contributed by atoms with Crippen molar-refractivity contribution in [3.63, 3.8) is 0 Å². The highest BCUT2D eigenvalue weighted by Gasteiger charge is 2.24. The molecule has 1 rings (SSSR count). The van der Waals surface area contributed by atoms with E-state index in [1.807, 2.05) is 0 Å². The van der Waals surface area contributed by atoms with Gasteiger partial charge in [-0.2, -0.15) is 0 Å². The largest absolute Gasteiger partial charge is 0.515 e. The molecule has 0 bridgehead atoms. The van der Waals surface area contributed by atoms with Gasteiger partial charge in [0.1, 0.15) is 12.7 Å². The second-order valence-electron chi connectivity index (χ2n) is 2.37. The molecule has 11 heavy (non-hydrogen) atoms. The van der Waals surface area contributed by atoms with Crippen molar-refractivity contribution in [2.75, 3.05) is 13.2 Å². The second kappa shape index (κ2) is 3.39. The zero-order valence-electron chi connectivity index (χ0n) is 6.24. The van der Waals surface area contributed by atoms with Crippen molar-refractivity contribution in [3.8, 4) is 0 Å². The molecule has 1 unspecified atom stereocenters. The van der Waals surface area contributed by atoms with Crippen molar-refractivity contribution in [3.05, 3.63) is 11.8 Å². The maximum absolute atomic E-state index is 10.8. The van der Waals surface area contributed by atoms with Crippen LogP contribution in [0.1, 0.15) is 6.92 Å². The van der Waals surface area contributed by atoms with Gasteiger partial charge >= 0.3 is 5.97 Å². The maximum Gasteiger partial charge on any atom is 0.336 e. The van der Waals surface area contributed by atoms with E-state index in [9.17, 15) is 4.79 Å². The fourth-order valence-corrected chi connectivity index (χ4v) is 0.499. The number of carbonyl (C=O) groups is 1. The van der Waals surface area contributed by atoms with E-state index in [1.165, 1.54) is 6.92 Å². The molecule has 4 nitrogen and oxygen atoms in total. The average molecular weight is 158 g/mol. The van der Waals surface area contributed by atoms with Crippen LogP contribution in [0.2, 0.25) is 0 Å². The van der Waals surface area contributed by atoms with Crippen molar-refractivity contribution in [1.29, 1.82) is 0 Å². The predicted octanol–water partition coefficient (Wildman–Crippen LogP) is 0.390. The molecule has 0 aromatic rings. The lowest BCUT2D eigenvalue weighted by Crippen LogP contribution is -2.10. The molecule has 1 aliphatic heterocycles. The van der Waals surface area contributed by atoms with Crippen LogP contribution in [0.15, 0.2) is 11.8 Å². The van der Waals surface area contributed by atoms with Gasteiger partial charge in [-0.3, -0.25) is 0 Å². The molecule has 0 radical (unpaired) electrons. The first-order chi connectivity index (χ1) is 5.24. The number of hydrogen-bond donors (Lipinski definition) is 1. The summed E-state index contributed by atoms with van der Waals surface area (Å²) in [6.07, 6.45) is 0.807. The Hall–Kier alpha value is -1.03. The zero-order valence-corrected chi connectivity index (χ0v) is 6.24. The monoisotopic (exact) mass is 158 g/mol. The summed E-state index contributed by atoms with van der Waals surface area (Å²) in [4.78, 5) is 10.8. The molecule has 1 fully saturated rings. The van der Waals surface area contributed by atoms with Crippen LogP contribution in [0.5, 0.6) is 0 Å². The summed E-state index contributed by atoms with van der Waals surface area (Å²) in [6, 6.07) is 0. The number of aliphatic hydroxyl groups is 1. The predicted molar refractivity (Wildman–Crippen MR) is 37.1 cm³/mol. The van der Waals surface area contributed by atoms with Gasteiger partial charge in [0.25, 0.3) is 0 Å². The minimum absolute atomic E-state index is 0.0745. The van der Waals surface area contributed by atoms with Gasteiger partial charge in [0.2, 0.25) is 0 Å².